The number of alkyl halides is 3. The van der Waals surface area contributed by atoms with Gasteiger partial charge in [0, 0.05) is 19.0 Å². The minimum absolute atomic E-state index is 0.0381. The predicted octanol–water partition coefficient (Wildman–Crippen LogP) is 7.09. The van der Waals surface area contributed by atoms with E-state index in [0.29, 0.717) is 42.1 Å². The van der Waals surface area contributed by atoms with Gasteiger partial charge in [-0.3, -0.25) is 9.59 Å². The number of nitrogens with one attached hydrogen (secondary N) is 1. The first-order valence-electron chi connectivity index (χ1n) is 15.9. The van der Waals surface area contributed by atoms with E-state index in [1.807, 2.05) is 0 Å². The highest BCUT2D eigenvalue weighted by molar-refractivity contribution is 5.91. The lowest BCUT2D eigenvalue weighted by Crippen LogP contribution is -2.68. The molecule has 0 radical (unpaired) electrons. The van der Waals surface area contributed by atoms with Crippen molar-refractivity contribution in [1.82, 2.24) is 10.2 Å². The Hall–Kier alpha value is -2.83. The zero-order chi connectivity index (χ0) is 29.3. The highest BCUT2D eigenvalue weighted by Crippen LogP contribution is 2.56. The van der Waals surface area contributed by atoms with Crippen molar-refractivity contribution in [2.24, 2.45) is 29.6 Å². The number of halogens is 3. The van der Waals surface area contributed by atoms with Gasteiger partial charge in [-0.25, -0.2) is 0 Å². The van der Waals surface area contributed by atoms with E-state index in [4.69, 9.17) is 0 Å². The number of benzene rings is 2. The lowest BCUT2D eigenvalue weighted by atomic mass is 9.52. The molecule has 0 aliphatic heterocycles. The molecule has 5 saturated carbocycles. The van der Waals surface area contributed by atoms with Crippen LogP contribution in [0.15, 0.2) is 48.5 Å². The third-order valence-corrected chi connectivity index (χ3v) is 11.6. The average molecular weight is 579 g/mol. The second kappa shape index (κ2) is 10.1. The van der Waals surface area contributed by atoms with Gasteiger partial charge in [0.25, 0.3) is 0 Å². The van der Waals surface area contributed by atoms with Gasteiger partial charge in [-0.05, 0) is 129 Å². The minimum atomic E-state index is -4.42. The van der Waals surface area contributed by atoms with Gasteiger partial charge in [0.15, 0.2) is 0 Å². The molecule has 224 valence electrons. The summed E-state index contributed by atoms with van der Waals surface area (Å²) in [7, 11) is 0. The zero-order valence-corrected chi connectivity index (χ0v) is 24.4. The summed E-state index contributed by atoms with van der Waals surface area (Å²) in [4.78, 5) is 30.0. The second-order valence-electron chi connectivity index (χ2n) is 14.4. The molecule has 0 heterocycles. The van der Waals surface area contributed by atoms with Crippen molar-refractivity contribution < 1.29 is 22.8 Å². The molecule has 2 aromatic carbocycles. The maximum Gasteiger partial charge on any atom is 0.416 e. The largest absolute Gasteiger partial charge is 0.416 e. The molecule has 7 heteroatoms. The maximum atomic E-state index is 14.8. The lowest BCUT2D eigenvalue weighted by Gasteiger charge is -2.58. The van der Waals surface area contributed by atoms with Gasteiger partial charge in [-0.2, -0.15) is 13.2 Å². The standard InChI is InChI=1S/C35H41F3N2O2/c1-22(41)40(21-23-6-8-31(9-7-23)35(36,37)38)34(11-10-29-15-27-4-2-3-5-28(27)16-30(29)20-34)32(42)39-33-17-24-12-25(18-33)14-26(13-24)19-33/h2-9,24-26,29-30H,10-21H2,1H3,(H,39,42)/t24?,25?,26?,29-,30+,33?,34+/m1/s1. The van der Waals surface area contributed by atoms with Gasteiger partial charge in [-0.1, -0.05) is 36.4 Å². The van der Waals surface area contributed by atoms with Crippen molar-refractivity contribution in [3.8, 4) is 0 Å². The van der Waals surface area contributed by atoms with Crippen LogP contribution < -0.4 is 5.32 Å². The van der Waals surface area contributed by atoms with Gasteiger partial charge in [0.2, 0.25) is 11.8 Å². The molecular formula is C35H41F3N2O2. The van der Waals surface area contributed by atoms with Gasteiger partial charge < -0.3 is 10.2 Å². The predicted molar refractivity (Wildman–Crippen MR) is 154 cm³/mol. The zero-order valence-electron chi connectivity index (χ0n) is 24.4. The third-order valence-electron chi connectivity index (χ3n) is 11.6. The fourth-order valence-corrected chi connectivity index (χ4v) is 10.1. The van der Waals surface area contributed by atoms with Crippen LogP contribution in [0, 0.1) is 29.6 Å². The molecular weight excluding hydrogens is 537 g/mol. The molecule has 2 amide bonds. The first-order valence-corrected chi connectivity index (χ1v) is 15.9. The Morgan fingerprint density at radius 1 is 0.857 bits per heavy atom. The van der Waals surface area contributed by atoms with Crippen LogP contribution >= 0.6 is 0 Å². The van der Waals surface area contributed by atoms with Crippen molar-refractivity contribution in [1.29, 1.82) is 0 Å². The molecule has 3 atom stereocenters. The quantitative estimate of drug-likeness (QED) is 0.412. The number of carbonyl (C=O) groups excluding carboxylic acids is 2. The summed E-state index contributed by atoms with van der Waals surface area (Å²) in [6.07, 6.45) is 6.38. The molecule has 4 nitrogen and oxygen atoms in total. The van der Waals surface area contributed by atoms with Crippen LogP contribution in [0.2, 0.25) is 0 Å². The fraction of sp³-hybridized carbons (Fsp3) is 0.600. The molecule has 6 aliphatic carbocycles. The average Bonchev–Trinajstić information content (AvgIpc) is 2.93. The monoisotopic (exact) mass is 578 g/mol. The minimum Gasteiger partial charge on any atom is -0.349 e. The molecule has 0 unspecified atom stereocenters. The first kappa shape index (κ1) is 28.0. The van der Waals surface area contributed by atoms with E-state index >= 15 is 0 Å². The highest BCUT2D eigenvalue weighted by atomic mass is 19.4. The van der Waals surface area contributed by atoms with E-state index in [9.17, 15) is 22.8 Å². The number of fused-ring (bicyclic) bond motifs is 2. The molecule has 0 saturated heterocycles. The van der Waals surface area contributed by atoms with Gasteiger partial charge in [-0.15, -0.1) is 0 Å². The Kier molecular flexibility index (Phi) is 6.74. The van der Waals surface area contributed by atoms with Crippen LogP contribution in [0.3, 0.4) is 0 Å². The summed E-state index contributed by atoms with van der Waals surface area (Å²) >= 11 is 0. The van der Waals surface area contributed by atoms with Gasteiger partial charge in [0.05, 0.1) is 5.56 Å². The van der Waals surface area contributed by atoms with Crippen LogP contribution in [0.5, 0.6) is 0 Å². The van der Waals surface area contributed by atoms with E-state index in [0.717, 1.165) is 50.7 Å². The van der Waals surface area contributed by atoms with E-state index in [2.05, 4.69) is 29.6 Å². The van der Waals surface area contributed by atoms with Crippen LogP contribution in [0.4, 0.5) is 13.2 Å². The Morgan fingerprint density at radius 3 is 1.98 bits per heavy atom. The summed E-state index contributed by atoms with van der Waals surface area (Å²) in [5.41, 5.74) is 1.40. The summed E-state index contributed by atoms with van der Waals surface area (Å²) in [5, 5.41) is 3.62. The summed E-state index contributed by atoms with van der Waals surface area (Å²) in [5.74, 6) is 2.51. The molecule has 0 spiro atoms. The van der Waals surface area contributed by atoms with Crippen molar-refractivity contribution >= 4 is 11.8 Å². The van der Waals surface area contributed by atoms with Crippen molar-refractivity contribution in [2.45, 2.75) is 101 Å². The molecule has 0 aromatic heterocycles. The fourth-order valence-electron chi connectivity index (χ4n) is 10.1. The molecule has 4 bridgehead atoms. The Morgan fingerprint density at radius 2 is 1.43 bits per heavy atom. The summed E-state index contributed by atoms with van der Waals surface area (Å²) in [6.45, 7) is 1.63. The SMILES string of the molecule is CC(=O)N(Cc1ccc(C(F)(F)F)cc1)[C@@]1(C(=O)NC23CC4CC(CC(C4)C2)C3)CC[C@@H]2Cc3ccccc3C[C@H]2C1. The number of carbonyl (C=O) groups is 2. The van der Waals surface area contributed by atoms with Crippen molar-refractivity contribution in [2.75, 3.05) is 0 Å². The van der Waals surface area contributed by atoms with Gasteiger partial charge in [0.1, 0.15) is 5.54 Å². The topological polar surface area (TPSA) is 49.4 Å². The smallest absolute Gasteiger partial charge is 0.349 e. The highest BCUT2D eigenvalue weighted by Gasteiger charge is 2.56. The normalized spacial score (nSPS) is 34.8. The van der Waals surface area contributed by atoms with E-state index in [1.165, 1.54) is 49.4 Å². The van der Waals surface area contributed by atoms with Crippen LogP contribution in [0.1, 0.15) is 87.0 Å². The maximum absolute atomic E-state index is 14.8. The molecule has 5 fully saturated rings. The number of hydrogen-bond acceptors (Lipinski definition) is 2. The van der Waals surface area contributed by atoms with Crippen LogP contribution in [0.25, 0.3) is 0 Å². The third kappa shape index (κ3) is 4.94. The summed E-state index contributed by atoms with van der Waals surface area (Å²) < 4.78 is 39.8. The van der Waals surface area contributed by atoms with E-state index in [1.54, 1.807) is 4.90 Å². The van der Waals surface area contributed by atoms with E-state index in [-0.39, 0.29) is 29.8 Å². The lowest BCUT2D eigenvalue weighted by molar-refractivity contribution is -0.156. The summed E-state index contributed by atoms with van der Waals surface area (Å²) in [6, 6.07) is 13.6. The molecule has 1 N–H and O–H groups in total. The number of rotatable bonds is 5. The van der Waals surface area contributed by atoms with Crippen molar-refractivity contribution in [3.05, 3.63) is 70.8 Å². The Balaban J connectivity index is 1.22. The Labute approximate surface area is 246 Å². The molecule has 2 aromatic rings. The van der Waals surface area contributed by atoms with E-state index < -0.39 is 17.3 Å². The van der Waals surface area contributed by atoms with Crippen molar-refractivity contribution in [3.63, 3.8) is 0 Å². The Bertz CT molecular complexity index is 1330. The van der Waals surface area contributed by atoms with Gasteiger partial charge >= 0.3 is 6.18 Å². The first-order chi connectivity index (χ1) is 20.0. The molecule has 6 aliphatic rings. The number of hydrogen-bond donors (Lipinski definition) is 1. The number of nitrogens with zero attached hydrogens (tertiary/aromatic N) is 1. The molecule has 8 rings (SSSR count). The molecule has 42 heavy (non-hydrogen) atoms. The number of amides is 2. The van der Waals surface area contributed by atoms with Crippen LogP contribution in [-0.4, -0.2) is 27.8 Å². The van der Waals surface area contributed by atoms with Crippen LogP contribution in [-0.2, 0) is 35.2 Å². The second-order valence-corrected chi connectivity index (χ2v) is 14.4.